The van der Waals surface area contributed by atoms with Crippen molar-refractivity contribution in [3.63, 3.8) is 0 Å². The number of anilines is 1. The molecule has 144 valence electrons. The second-order valence-electron chi connectivity index (χ2n) is 7.05. The van der Waals surface area contributed by atoms with E-state index in [1.807, 2.05) is 4.90 Å². The number of nitrogens with zero attached hydrogens (tertiary/aromatic N) is 2. The van der Waals surface area contributed by atoms with Gasteiger partial charge in [-0.15, -0.1) is 4.40 Å². The summed E-state index contributed by atoms with van der Waals surface area (Å²) in [5.41, 5.74) is 0.634. The smallest absolute Gasteiger partial charge is 0.338 e. The number of amidine groups is 1. The fourth-order valence-electron chi connectivity index (χ4n) is 3.32. The van der Waals surface area contributed by atoms with Crippen molar-refractivity contribution in [1.82, 2.24) is 5.32 Å². The highest BCUT2D eigenvalue weighted by molar-refractivity contribution is 7.90. The first-order chi connectivity index (χ1) is 12.9. The van der Waals surface area contributed by atoms with E-state index in [9.17, 15) is 18.0 Å². The van der Waals surface area contributed by atoms with Crippen LogP contribution in [0.15, 0.2) is 27.5 Å². The number of amides is 1. The zero-order valence-electron chi connectivity index (χ0n) is 14.8. The minimum Gasteiger partial charge on any atom is -0.452 e. The van der Waals surface area contributed by atoms with Crippen molar-refractivity contribution in [3.8, 4) is 0 Å². The van der Waals surface area contributed by atoms with Crippen molar-refractivity contribution in [1.29, 1.82) is 0 Å². The number of esters is 1. The molecule has 1 amide bonds. The van der Waals surface area contributed by atoms with E-state index in [1.54, 1.807) is 6.07 Å². The Kier molecular flexibility index (Phi) is 4.63. The normalized spacial score (nSPS) is 20.6. The Labute approximate surface area is 157 Å². The van der Waals surface area contributed by atoms with Gasteiger partial charge in [0, 0.05) is 19.0 Å². The van der Waals surface area contributed by atoms with Crippen LogP contribution in [0.5, 0.6) is 0 Å². The van der Waals surface area contributed by atoms with Gasteiger partial charge in [0.05, 0.1) is 11.3 Å². The summed E-state index contributed by atoms with van der Waals surface area (Å²) in [5, 5.41) is 2.72. The first-order valence-corrected chi connectivity index (χ1v) is 10.6. The Morgan fingerprint density at radius 1 is 1.22 bits per heavy atom. The van der Waals surface area contributed by atoms with Gasteiger partial charge in [0.15, 0.2) is 6.61 Å². The van der Waals surface area contributed by atoms with Gasteiger partial charge < -0.3 is 15.0 Å². The lowest BCUT2D eigenvalue weighted by Gasteiger charge is -2.29. The van der Waals surface area contributed by atoms with Crippen molar-refractivity contribution in [3.05, 3.63) is 23.8 Å². The molecule has 1 aliphatic carbocycles. The number of carbonyl (C=O) groups is 2. The van der Waals surface area contributed by atoms with Crippen molar-refractivity contribution in [2.75, 3.05) is 18.1 Å². The number of hydrogen-bond donors (Lipinski definition) is 1. The monoisotopic (exact) mass is 391 g/mol. The molecule has 0 atom stereocenters. The molecule has 1 aromatic carbocycles. The van der Waals surface area contributed by atoms with Crippen LogP contribution in [-0.2, 0) is 19.6 Å². The van der Waals surface area contributed by atoms with Crippen molar-refractivity contribution < 1.29 is 22.7 Å². The van der Waals surface area contributed by atoms with Gasteiger partial charge in [-0.25, -0.2) is 4.79 Å². The molecule has 2 heterocycles. The first kappa shape index (κ1) is 18.0. The van der Waals surface area contributed by atoms with Crippen LogP contribution < -0.4 is 10.2 Å². The molecule has 1 N–H and O–H groups in total. The lowest BCUT2D eigenvalue weighted by Crippen LogP contribution is -2.35. The van der Waals surface area contributed by atoms with E-state index in [2.05, 4.69) is 9.71 Å². The predicted octanol–water partition coefficient (Wildman–Crippen LogP) is 1.60. The van der Waals surface area contributed by atoms with E-state index < -0.39 is 16.0 Å². The van der Waals surface area contributed by atoms with E-state index in [0.717, 1.165) is 32.1 Å². The van der Waals surface area contributed by atoms with Gasteiger partial charge in [-0.05, 0) is 43.9 Å². The van der Waals surface area contributed by atoms with Gasteiger partial charge in [-0.3, -0.25) is 4.79 Å². The molecule has 0 aromatic heterocycles. The number of sulfonamides is 1. The third-order valence-electron chi connectivity index (χ3n) is 4.86. The highest BCUT2D eigenvalue weighted by Gasteiger charge is 2.32. The number of nitrogens with one attached hydrogen (secondary N) is 1. The summed E-state index contributed by atoms with van der Waals surface area (Å²) >= 11 is 0. The number of benzene rings is 1. The standard InChI is InChI=1S/C18H21N3O5S/c22-17(19-13-6-7-13)11-26-18(23)12-5-8-14-15(10-12)27(24,25)20-16-4-2-1-3-9-21(14)16/h5,8,10,13H,1-4,6-7,9,11H2,(H,19,22). The van der Waals surface area contributed by atoms with Gasteiger partial charge >= 0.3 is 5.97 Å². The highest BCUT2D eigenvalue weighted by atomic mass is 32.2. The van der Waals surface area contributed by atoms with Crippen molar-refractivity contribution in [2.45, 2.75) is 49.5 Å². The molecule has 3 aliphatic rings. The molecule has 1 saturated carbocycles. The molecule has 0 bridgehead atoms. The quantitative estimate of drug-likeness (QED) is 0.782. The third-order valence-corrected chi connectivity index (χ3v) is 6.19. The van der Waals surface area contributed by atoms with Gasteiger partial charge in [-0.2, -0.15) is 8.42 Å². The summed E-state index contributed by atoms with van der Waals surface area (Å²) < 4.78 is 34.1. The zero-order valence-corrected chi connectivity index (χ0v) is 15.6. The molecule has 8 nitrogen and oxygen atoms in total. The Balaban J connectivity index is 1.54. The van der Waals surface area contributed by atoms with Gasteiger partial charge in [0.25, 0.3) is 15.9 Å². The lowest BCUT2D eigenvalue weighted by atomic mass is 10.2. The molecule has 0 spiro atoms. The fourth-order valence-corrected chi connectivity index (χ4v) is 4.60. The Hall–Kier alpha value is -2.42. The zero-order chi connectivity index (χ0) is 19.0. The lowest BCUT2D eigenvalue weighted by molar-refractivity contribution is -0.124. The largest absolute Gasteiger partial charge is 0.452 e. The molecule has 0 unspecified atom stereocenters. The van der Waals surface area contributed by atoms with Crippen LogP contribution in [0.2, 0.25) is 0 Å². The van der Waals surface area contributed by atoms with E-state index in [1.165, 1.54) is 12.1 Å². The fraction of sp³-hybridized carbons (Fsp3) is 0.500. The second kappa shape index (κ2) is 6.95. The molecular weight excluding hydrogens is 370 g/mol. The highest BCUT2D eigenvalue weighted by Crippen LogP contribution is 2.35. The minimum absolute atomic E-state index is 0.00466. The van der Waals surface area contributed by atoms with Gasteiger partial charge in [0.2, 0.25) is 0 Å². The number of rotatable bonds is 4. The number of carbonyl (C=O) groups excluding carboxylic acids is 2. The van der Waals surface area contributed by atoms with Crippen LogP contribution in [0, 0.1) is 0 Å². The van der Waals surface area contributed by atoms with Crippen molar-refractivity contribution in [2.24, 2.45) is 4.40 Å². The van der Waals surface area contributed by atoms with Gasteiger partial charge in [0.1, 0.15) is 10.7 Å². The van der Waals surface area contributed by atoms with Crippen LogP contribution in [-0.4, -0.2) is 45.3 Å². The second-order valence-corrected chi connectivity index (χ2v) is 8.62. The van der Waals surface area contributed by atoms with E-state index in [0.29, 0.717) is 24.5 Å². The van der Waals surface area contributed by atoms with E-state index >= 15 is 0 Å². The summed E-state index contributed by atoms with van der Waals surface area (Å²) in [6, 6.07) is 4.62. The number of ether oxygens (including phenoxy) is 1. The summed E-state index contributed by atoms with van der Waals surface area (Å²) in [6.07, 6.45) is 5.41. The maximum Gasteiger partial charge on any atom is 0.338 e. The topological polar surface area (TPSA) is 105 Å². The van der Waals surface area contributed by atoms with Gasteiger partial charge in [-0.1, -0.05) is 6.42 Å². The molecule has 1 saturated heterocycles. The van der Waals surface area contributed by atoms with Crippen LogP contribution in [0.1, 0.15) is 48.9 Å². The molecular formula is C18H21N3O5S. The third kappa shape index (κ3) is 3.83. The summed E-state index contributed by atoms with van der Waals surface area (Å²) in [7, 11) is -3.86. The van der Waals surface area contributed by atoms with Crippen molar-refractivity contribution >= 4 is 33.4 Å². The van der Waals surface area contributed by atoms with Crippen LogP contribution in [0.4, 0.5) is 5.69 Å². The minimum atomic E-state index is -3.86. The molecule has 9 heteroatoms. The Morgan fingerprint density at radius 2 is 2.04 bits per heavy atom. The summed E-state index contributed by atoms with van der Waals surface area (Å²) in [6.45, 7) is 0.320. The van der Waals surface area contributed by atoms with Crippen LogP contribution in [0.3, 0.4) is 0 Å². The Morgan fingerprint density at radius 3 is 2.81 bits per heavy atom. The first-order valence-electron chi connectivity index (χ1n) is 9.16. The SMILES string of the molecule is O=C(COC(=O)c1ccc2c(c1)S(=O)(=O)N=C1CCCCCN12)NC1CC1. The molecule has 1 aromatic rings. The summed E-state index contributed by atoms with van der Waals surface area (Å²) in [5.74, 6) is -0.521. The molecule has 0 radical (unpaired) electrons. The Bertz CT molecular complexity index is 921. The molecule has 27 heavy (non-hydrogen) atoms. The van der Waals surface area contributed by atoms with E-state index in [-0.39, 0.29) is 29.0 Å². The maximum absolute atomic E-state index is 12.6. The number of hydrogen-bond acceptors (Lipinski definition) is 6. The molecule has 4 rings (SSSR count). The molecule has 2 fully saturated rings. The predicted molar refractivity (Wildman–Crippen MR) is 98.3 cm³/mol. The van der Waals surface area contributed by atoms with Crippen LogP contribution in [0.25, 0.3) is 0 Å². The maximum atomic E-state index is 12.6. The average Bonchev–Trinajstić information content (AvgIpc) is 3.46. The number of fused-ring (bicyclic) bond motifs is 3. The van der Waals surface area contributed by atoms with Crippen LogP contribution >= 0.6 is 0 Å². The summed E-state index contributed by atoms with van der Waals surface area (Å²) in [4.78, 5) is 25.8. The molecule has 2 aliphatic heterocycles. The average molecular weight is 391 g/mol. The van der Waals surface area contributed by atoms with E-state index in [4.69, 9.17) is 4.74 Å².